The molecule has 0 aromatic heterocycles. The Hall–Kier alpha value is -1.82. The largest absolute Gasteiger partial charge is 0.490 e. The molecular weight excluding hydrogens is 342 g/mol. The van der Waals surface area contributed by atoms with Gasteiger partial charge in [-0.05, 0) is 24.6 Å². The van der Waals surface area contributed by atoms with E-state index in [0.717, 1.165) is 12.5 Å². The summed E-state index contributed by atoms with van der Waals surface area (Å²) in [4.78, 5) is 0. The van der Waals surface area contributed by atoms with Crippen LogP contribution < -0.4 is 15.8 Å². The highest BCUT2D eigenvalue weighted by Crippen LogP contribution is 2.32. The standard InChI is InChI=1S/C15H15BrF2N2O/c1-2-5-21-15-8-14(12(19)7-11(15)18)20-13-4-3-9(16)6-10(13)17/h3-4,6-8,20H,2,5,19H2,1H3. The van der Waals surface area contributed by atoms with Gasteiger partial charge >= 0.3 is 0 Å². The lowest BCUT2D eigenvalue weighted by Gasteiger charge is -2.13. The number of hydrogen-bond donors (Lipinski definition) is 2. The Balaban J connectivity index is 2.30. The molecule has 2 rings (SSSR count). The summed E-state index contributed by atoms with van der Waals surface area (Å²) in [6.45, 7) is 2.32. The second kappa shape index (κ2) is 6.76. The fourth-order valence-electron chi connectivity index (χ4n) is 1.74. The smallest absolute Gasteiger partial charge is 0.167 e. The highest BCUT2D eigenvalue weighted by molar-refractivity contribution is 9.10. The van der Waals surface area contributed by atoms with Crippen molar-refractivity contribution in [1.82, 2.24) is 0 Å². The van der Waals surface area contributed by atoms with Crippen LogP contribution in [0.15, 0.2) is 34.8 Å². The average Bonchev–Trinajstić information content (AvgIpc) is 2.43. The molecule has 0 saturated heterocycles. The lowest BCUT2D eigenvalue weighted by Crippen LogP contribution is -2.03. The molecule has 3 nitrogen and oxygen atoms in total. The van der Waals surface area contributed by atoms with E-state index in [0.29, 0.717) is 16.8 Å². The first kappa shape index (κ1) is 15.6. The van der Waals surface area contributed by atoms with Gasteiger partial charge in [0.05, 0.1) is 23.7 Å². The van der Waals surface area contributed by atoms with Gasteiger partial charge in [0.1, 0.15) is 5.82 Å². The number of nitrogens with two attached hydrogens (primary N) is 1. The van der Waals surface area contributed by atoms with Crippen molar-refractivity contribution in [3.63, 3.8) is 0 Å². The molecule has 21 heavy (non-hydrogen) atoms. The zero-order chi connectivity index (χ0) is 15.4. The van der Waals surface area contributed by atoms with E-state index in [1.807, 2.05) is 6.92 Å². The van der Waals surface area contributed by atoms with Crippen LogP contribution in [0.25, 0.3) is 0 Å². The van der Waals surface area contributed by atoms with Gasteiger partial charge < -0.3 is 15.8 Å². The fourth-order valence-corrected chi connectivity index (χ4v) is 2.07. The van der Waals surface area contributed by atoms with Crippen LogP contribution >= 0.6 is 15.9 Å². The number of ether oxygens (including phenoxy) is 1. The zero-order valence-corrected chi connectivity index (χ0v) is 13.0. The topological polar surface area (TPSA) is 47.3 Å². The predicted molar refractivity (Wildman–Crippen MR) is 84.0 cm³/mol. The van der Waals surface area contributed by atoms with Crippen LogP contribution in [0.5, 0.6) is 5.75 Å². The molecule has 0 heterocycles. The van der Waals surface area contributed by atoms with E-state index in [1.165, 1.54) is 12.1 Å². The summed E-state index contributed by atoms with van der Waals surface area (Å²) in [5, 5.41) is 2.84. The Morgan fingerprint density at radius 2 is 1.90 bits per heavy atom. The van der Waals surface area contributed by atoms with Crippen LogP contribution in [-0.4, -0.2) is 6.61 Å². The van der Waals surface area contributed by atoms with Crippen LogP contribution in [-0.2, 0) is 0 Å². The van der Waals surface area contributed by atoms with E-state index in [2.05, 4.69) is 21.2 Å². The summed E-state index contributed by atoms with van der Waals surface area (Å²) >= 11 is 3.18. The third-order valence-corrected chi connectivity index (χ3v) is 3.26. The number of rotatable bonds is 5. The maximum absolute atomic E-state index is 13.8. The minimum Gasteiger partial charge on any atom is -0.490 e. The molecule has 3 N–H and O–H groups in total. The van der Waals surface area contributed by atoms with Crippen molar-refractivity contribution in [3.05, 3.63) is 46.4 Å². The normalized spacial score (nSPS) is 10.5. The van der Waals surface area contributed by atoms with Crippen LogP contribution in [0.1, 0.15) is 13.3 Å². The van der Waals surface area contributed by atoms with Crippen LogP contribution in [0.2, 0.25) is 0 Å². The summed E-state index contributed by atoms with van der Waals surface area (Å²) in [5.74, 6) is -0.891. The van der Waals surface area contributed by atoms with Gasteiger partial charge in [0.2, 0.25) is 0 Å². The Morgan fingerprint density at radius 3 is 2.57 bits per heavy atom. The zero-order valence-electron chi connectivity index (χ0n) is 11.4. The molecular formula is C15H15BrF2N2O. The van der Waals surface area contributed by atoms with E-state index in [-0.39, 0.29) is 17.1 Å². The number of hydrogen-bond acceptors (Lipinski definition) is 3. The van der Waals surface area contributed by atoms with Gasteiger partial charge in [-0.1, -0.05) is 22.9 Å². The molecule has 0 atom stereocenters. The minimum absolute atomic E-state index is 0.0890. The molecule has 0 bridgehead atoms. The molecule has 0 radical (unpaired) electrons. The van der Waals surface area contributed by atoms with E-state index in [9.17, 15) is 8.78 Å². The number of anilines is 3. The number of nitrogen functional groups attached to an aromatic ring is 1. The van der Waals surface area contributed by atoms with Crippen LogP contribution in [0.3, 0.4) is 0 Å². The summed E-state index contributed by atoms with van der Waals surface area (Å²) in [6, 6.07) is 7.18. The van der Waals surface area contributed by atoms with Crippen molar-refractivity contribution >= 4 is 33.0 Å². The molecule has 0 aliphatic heterocycles. The van der Waals surface area contributed by atoms with Gasteiger partial charge in [0.25, 0.3) is 0 Å². The molecule has 0 amide bonds. The second-order valence-corrected chi connectivity index (χ2v) is 5.38. The van der Waals surface area contributed by atoms with E-state index in [4.69, 9.17) is 10.5 Å². The van der Waals surface area contributed by atoms with Crippen molar-refractivity contribution in [1.29, 1.82) is 0 Å². The lowest BCUT2D eigenvalue weighted by atomic mass is 10.2. The van der Waals surface area contributed by atoms with E-state index in [1.54, 1.807) is 12.1 Å². The third-order valence-electron chi connectivity index (χ3n) is 2.77. The first-order valence-electron chi connectivity index (χ1n) is 6.45. The highest BCUT2D eigenvalue weighted by Gasteiger charge is 2.11. The third kappa shape index (κ3) is 3.85. The quantitative estimate of drug-likeness (QED) is 0.753. The van der Waals surface area contributed by atoms with Gasteiger partial charge in [0, 0.05) is 16.6 Å². The second-order valence-electron chi connectivity index (χ2n) is 4.47. The first-order valence-corrected chi connectivity index (χ1v) is 7.24. The summed E-state index contributed by atoms with van der Waals surface area (Å²) in [5.41, 5.74) is 6.58. The maximum Gasteiger partial charge on any atom is 0.167 e. The van der Waals surface area contributed by atoms with Gasteiger partial charge in [-0.3, -0.25) is 0 Å². The molecule has 6 heteroatoms. The van der Waals surface area contributed by atoms with Crippen LogP contribution in [0.4, 0.5) is 25.8 Å². The Kier molecular flexibility index (Phi) is 5.01. The molecule has 0 fully saturated rings. The number of halogens is 3. The molecule has 0 saturated carbocycles. The molecule has 0 spiro atoms. The van der Waals surface area contributed by atoms with Crippen molar-refractivity contribution in [2.45, 2.75) is 13.3 Å². The molecule has 112 valence electrons. The highest BCUT2D eigenvalue weighted by atomic mass is 79.9. The molecule has 2 aromatic rings. The number of nitrogens with one attached hydrogen (secondary N) is 1. The number of benzene rings is 2. The Morgan fingerprint density at radius 1 is 1.14 bits per heavy atom. The summed E-state index contributed by atoms with van der Waals surface area (Å²) < 4.78 is 33.4. The van der Waals surface area contributed by atoms with Crippen molar-refractivity contribution in [3.8, 4) is 5.75 Å². The van der Waals surface area contributed by atoms with Gasteiger partial charge in [-0.25, -0.2) is 8.78 Å². The fraction of sp³-hybridized carbons (Fsp3) is 0.200. The summed E-state index contributed by atoms with van der Waals surface area (Å²) in [7, 11) is 0. The van der Waals surface area contributed by atoms with Crippen molar-refractivity contribution < 1.29 is 13.5 Å². The maximum atomic E-state index is 13.8. The van der Waals surface area contributed by atoms with Crippen molar-refractivity contribution in [2.75, 3.05) is 17.7 Å². The van der Waals surface area contributed by atoms with Crippen LogP contribution in [0, 0.1) is 11.6 Å². The van der Waals surface area contributed by atoms with E-state index < -0.39 is 11.6 Å². The van der Waals surface area contributed by atoms with Gasteiger partial charge in [-0.2, -0.15) is 0 Å². The van der Waals surface area contributed by atoms with Crippen molar-refractivity contribution in [2.24, 2.45) is 0 Å². The first-order chi connectivity index (χ1) is 10.0. The molecule has 0 aliphatic carbocycles. The summed E-state index contributed by atoms with van der Waals surface area (Å²) in [6.07, 6.45) is 0.758. The average molecular weight is 357 g/mol. The van der Waals surface area contributed by atoms with Gasteiger partial charge in [0.15, 0.2) is 11.6 Å². The molecule has 0 unspecified atom stereocenters. The predicted octanol–water partition coefficient (Wildman–Crippen LogP) is 4.84. The Labute approximate surface area is 130 Å². The molecule has 2 aromatic carbocycles. The SMILES string of the molecule is CCCOc1cc(Nc2ccc(Br)cc2F)c(N)cc1F. The molecule has 0 aliphatic rings. The monoisotopic (exact) mass is 356 g/mol. The minimum atomic E-state index is -0.539. The Bertz CT molecular complexity index is 650. The van der Waals surface area contributed by atoms with Gasteiger partial charge in [-0.15, -0.1) is 0 Å². The van der Waals surface area contributed by atoms with E-state index >= 15 is 0 Å². The lowest BCUT2D eigenvalue weighted by molar-refractivity contribution is 0.301.